The zero-order valence-electron chi connectivity index (χ0n) is 19.4. The van der Waals surface area contributed by atoms with Gasteiger partial charge in [-0.3, -0.25) is 4.98 Å². The molecule has 0 radical (unpaired) electrons. The Labute approximate surface area is 175 Å². The summed E-state index contributed by atoms with van der Waals surface area (Å²) in [4.78, 5) is 4.53. The van der Waals surface area contributed by atoms with Gasteiger partial charge in [-0.15, -0.1) is 0 Å². The molecule has 0 saturated carbocycles. The molecule has 0 atom stereocenters. The summed E-state index contributed by atoms with van der Waals surface area (Å²) in [5.41, 5.74) is 5.11. The van der Waals surface area contributed by atoms with Crippen molar-refractivity contribution < 1.29 is 8.53 Å². The highest BCUT2D eigenvalue weighted by atomic mass is 16.3. The Balaban J connectivity index is 1.73. The Morgan fingerprint density at radius 3 is 2.62 bits per heavy atom. The van der Waals surface area contributed by atoms with E-state index in [4.69, 9.17) is 8.53 Å². The van der Waals surface area contributed by atoms with Crippen LogP contribution < -0.4 is 0 Å². The van der Waals surface area contributed by atoms with Crippen molar-refractivity contribution in [1.29, 1.82) is 0 Å². The minimum Gasteiger partial charge on any atom is -0.456 e. The average molecular weight is 381 g/mol. The van der Waals surface area contributed by atoms with Crippen molar-refractivity contribution in [3.63, 3.8) is 0 Å². The standard InChI is InChI=1S/C27H23NO/c1-18(2)20-13-14-28-24(17-20)21-11-12-25-23(16-21)27-22(9-6-10-26(27)29-25)15-19-7-4-3-5-8-19/h3-14,16-18H,15H2,1-2H3/i15D2,18D. The van der Waals surface area contributed by atoms with Gasteiger partial charge in [0.1, 0.15) is 11.2 Å². The van der Waals surface area contributed by atoms with Gasteiger partial charge < -0.3 is 4.42 Å². The first-order valence-corrected chi connectivity index (χ1v) is 9.73. The maximum atomic E-state index is 8.91. The molecule has 0 fully saturated rings. The SMILES string of the molecule is [2H]C(C)(C)c1ccnc(-c2ccc3oc4cccc(C([2H])([2H])c5ccccc5)c4c3c2)c1. The van der Waals surface area contributed by atoms with E-state index in [0.717, 1.165) is 27.6 Å². The summed E-state index contributed by atoms with van der Waals surface area (Å²) in [6, 6.07) is 24.4. The molecule has 0 bridgehead atoms. The first-order valence-electron chi connectivity index (χ1n) is 11.2. The lowest BCUT2D eigenvalue weighted by Gasteiger charge is -2.08. The number of benzene rings is 3. The second kappa shape index (κ2) is 7.21. The largest absolute Gasteiger partial charge is 0.456 e. The lowest BCUT2D eigenvalue weighted by molar-refractivity contribution is 0.669. The summed E-state index contributed by atoms with van der Waals surface area (Å²) in [6.45, 7) is 3.72. The molecule has 2 aromatic heterocycles. The summed E-state index contributed by atoms with van der Waals surface area (Å²) < 4.78 is 32.2. The van der Waals surface area contributed by atoms with Gasteiger partial charge in [0.25, 0.3) is 0 Å². The normalized spacial score (nSPS) is 13.9. The predicted molar refractivity (Wildman–Crippen MR) is 120 cm³/mol. The fourth-order valence-corrected chi connectivity index (χ4v) is 3.67. The molecule has 2 heterocycles. The molecule has 0 saturated heterocycles. The Morgan fingerprint density at radius 2 is 1.79 bits per heavy atom. The third-order valence-corrected chi connectivity index (χ3v) is 5.18. The first kappa shape index (κ1) is 14.6. The second-order valence-electron chi connectivity index (χ2n) is 7.41. The van der Waals surface area contributed by atoms with Crippen LogP contribution in [0.15, 0.2) is 89.5 Å². The second-order valence-corrected chi connectivity index (χ2v) is 7.41. The number of hydrogen-bond donors (Lipinski definition) is 0. The molecule has 29 heavy (non-hydrogen) atoms. The molecule has 2 heteroatoms. The monoisotopic (exact) mass is 380 g/mol. The van der Waals surface area contributed by atoms with E-state index >= 15 is 0 Å². The minimum atomic E-state index is -1.68. The van der Waals surface area contributed by atoms with E-state index in [9.17, 15) is 0 Å². The van der Waals surface area contributed by atoms with E-state index in [2.05, 4.69) is 4.98 Å². The Bertz CT molecular complexity index is 1430. The molecule has 5 aromatic rings. The van der Waals surface area contributed by atoms with Crippen molar-refractivity contribution >= 4 is 21.9 Å². The highest BCUT2D eigenvalue weighted by Gasteiger charge is 2.13. The van der Waals surface area contributed by atoms with E-state index in [-0.39, 0.29) is 0 Å². The molecule has 0 unspecified atom stereocenters. The molecule has 142 valence electrons. The molecule has 0 amide bonds. The van der Waals surface area contributed by atoms with E-state index in [1.807, 2.05) is 92.7 Å². The van der Waals surface area contributed by atoms with Crippen molar-refractivity contribution in [2.75, 3.05) is 0 Å². The molecule has 0 spiro atoms. The van der Waals surface area contributed by atoms with Crippen molar-refractivity contribution in [1.82, 2.24) is 4.98 Å². The van der Waals surface area contributed by atoms with Crippen LogP contribution in [0.25, 0.3) is 33.2 Å². The van der Waals surface area contributed by atoms with Crippen LogP contribution in [-0.2, 0) is 6.37 Å². The summed E-state index contributed by atoms with van der Waals surface area (Å²) in [5.74, 6) is -0.719. The van der Waals surface area contributed by atoms with Gasteiger partial charge in [0, 0.05) is 26.6 Å². The number of fused-ring (bicyclic) bond motifs is 3. The predicted octanol–water partition coefficient (Wildman–Crippen LogP) is 7.36. The maximum Gasteiger partial charge on any atom is 0.135 e. The third kappa shape index (κ3) is 3.31. The van der Waals surface area contributed by atoms with Crippen LogP contribution in [-0.4, -0.2) is 4.98 Å². The lowest BCUT2D eigenvalue weighted by Crippen LogP contribution is -1.91. The molecule has 5 rings (SSSR count). The lowest BCUT2D eigenvalue weighted by atomic mass is 9.97. The fraction of sp³-hybridized carbons (Fsp3) is 0.148. The van der Waals surface area contributed by atoms with Crippen LogP contribution in [0.2, 0.25) is 0 Å². The number of pyridine rings is 1. The van der Waals surface area contributed by atoms with Crippen molar-refractivity contribution in [2.45, 2.75) is 26.1 Å². The Morgan fingerprint density at radius 1 is 0.931 bits per heavy atom. The maximum absolute atomic E-state index is 8.91. The van der Waals surface area contributed by atoms with Gasteiger partial charge in [0.05, 0.1) is 5.69 Å². The Kier molecular flexibility index (Phi) is 3.63. The minimum absolute atomic E-state index is 0.575. The first-order chi connectivity index (χ1) is 15.2. The van der Waals surface area contributed by atoms with Crippen LogP contribution in [0.5, 0.6) is 0 Å². The smallest absolute Gasteiger partial charge is 0.135 e. The molecule has 0 N–H and O–H groups in total. The third-order valence-electron chi connectivity index (χ3n) is 5.18. The van der Waals surface area contributed by atoms with Gasteiger partial charge in [-0.1, -0.05) is 56.3 Å². The van der Waals surface area contributed by atoms with Gasteiger partial charge in [-0.25, -0.2) is 0 Å². The average Bonchev–Trinajstić information content (AvgIpc) is 3.17. The zero-order valence-corrected chi connectivity index (χ0v) is 16.4. The topological polar surface area (TPSA) is 26.0 Å². The van der Waals surface area contributed by atoms with E-state index in [1.54, 1.807) is 6.20 Å². The fourth-order valence-electron chi connectivity index (χ4n) is 3.67. The number of aromatic nitrogens is 1. The van der Waals surface area contributed by atoms with Gasteiger partial charge in [0.15, 0.2) is 0 Å². The van der Waals surface area contributed by atoms with Crippen LogP contribution in [0.1, 0.15) is 40.5 Å². The van der Waals surface area contributed by atoms with Crippen molar-refractivity contribution in [3.05, 3.63) is 102 Å². The molecule has 0 aliphatic heterocycles. The van der Waals surface area contributed by atoms with Crippen molar-refractivity contribution in [2.24, 2.45) is 0 Å². The molecule has 0 aliphatic rings. The quantitative estimate of drug-likeness (QED) is 0.325. The summed E-state index contributed by atoms with van der Waals surface area (Å²) >= 11 is 0. The molecule has 0 aliphatic carbocycles. The molecular weight excluding hydrogens is 354 g/mol. The number of furan rings is 1. The van der Waals surface area contributed by atoms with Gasteiger partial charge in [0.2, 0.25) is 0 Å². The van der Waals surface area contributed by atoms with Gasteiger partial charge in [-0.05, 0) is 65.4 Å². The molecule has 3 aromatic carbocycles. The molecular formula is C27H23NO. The van der Waals surface area contributed by atoms with Crippen LogP contribution in [0, 0.1) is 0 Å². The van der Waals surface area contributed by atoms with Crippen molar-refractivity contribution in [3.8, 4) is 11.3 Å². The van der Waals surface area contributed by atoms with Crippen LogP contribution in [0.3, 0.4) is 0 Å². The molecule has 2 nitrogen and oxygen atoms in total. The van der Waals surface area contributed by atoms with Gasteiger partial charge in [-0.2, -0.15) is 0 Å². The van der Waals surface area contributed by atoms with E-state index < -0.39 is 12.3 Å². The summed E-state index contributed by atoms with van der Waals surface area (Å²) in [6.07, 6.45) is 0.0546. The number of hydrogen-bond acceptors (Lipinski definition) is 2. The van der Waals surface area contributed by atoms with E-state index in [0.29, 0.717) is 22.3 Å². The Hall–Kier alpha value is -3.39. The summed E-state index contributed by atoms with van der Waals surface area (Å²) in [7, 11) is 0. The van der Waals surface area contributed by atoms with Crippen LogP contribution >= 0.6 is 0 Å². The highest BCUT2D eigenvalue weighted by molar-refractivity contribution is 6.08. The van der Waals surface area contributed by atoms with Crippen LogP contribution in [0.4, 0.5) is 0 Å². The number of rotatable bonds is 4. The number of nitrogens with zero attached hydrogens (tertiary/aromatic N) is 1. The zero-order chi connectivity index (χ0) is 22.5. The van der Waals surface area contributed by atoms with E-state index in [1.165, 1.54) is 0 Å². The summed E-state index contributed by atoms with van der Waals surface area (Å²) in [5, 5.41) is 1.63. The van der Waals surface area contributed by atoms with Gasteiger partial charge >= 0.3 is 0 Å². The highest BCUT2D eigenvalue weighted by Crippen LogP contribution is 2.35.